The predicted octanol–water partition coefficient (Wildman–Crippen LogP) is 4.00. The Labute approximate surface area is 131 Å². The second kappa shape index (κ2) is 5.99. The van der Waals surface area contributed by atoms with Gasteiger partial charge in [0.1, 0.15) is 5.76 Å². The number of hydrogen-bond acceptors (Lipinski definition) is 4. The van der Waals surface area contributed by atoms with E-state index in [1.807, 2.05) is 18.2 Å². The number of fused-ring (bicyclic) bond motifs is 1. The largest absolute Gasteiger partial charge is 0.360 e. The summed E-state index contributed by atoms with van der Waals surface area (Å²) in [5, 5.41) is 10.0. The van der Waals surface area contributed by atoms with E-state index in [1.54, 1.807) is 24.8 Å². The molecule has 1 aliphatic heterocycles. The molecular weight excluding hydrogens is 310 g/mol. The number of carbonyl (C=O) groups is 1. The SMILES string of the molecule is Cc1cc(NC(=O)NC2CCSc3ccc(Cl)cc32)no1. The van der Waals surface area contributed by atoms with Gasteiger partial charge in [0.25, 0.3) is 0 Å². The van der Waals surface area contributed by atoms with E-state index in [0.717, 1.165) is 22.6 Å². The van der Waals surface area contributed by atoms with Crippen LogP contribution in [-0.4, -0.2) is 16.9 Å². The predicted molar refractivity (Wildman–Crippen MR) is 82.9 cm³/mol. The summed E-state index contributed by atoms with van der Waals surface area (Å²) in [6.45, 7) is 1.77. The molecule has 0 spiro atoms. The second-order valence-corrected chi connectivity index (χ2v) is 6.37. The lowest BCUT2D eigenvalue weighted by atomic mass is 10.0. The molecule has 0 saturated carbocycles. The van der Waals surface area contributed by atoms with Crippen LogP contribution in [-0.2, 0) is 0 Å². The molecule has 7 heteroatoms. The summed E-state index contributed by atoms with van der Waals surface area (Å²) in [6, 6.07) is 7.09. The van der Waals surface area contributed by atoms with Gasteiger partial charge in [-0.05, 0) is 37.1 Å². The van der Waals surface area contributed by atoms with Crippen LogP contribution in [0.5, 0.6) is 0 Å². The number of aromatic nitrogens is 1. The topological polar surface area (TPSA) is 67.2 Å². The highest BCUT2D eigenvalue weighted by Crippen LogP contribution is 2.37. The Balaban J connectivity index is 1.71. The van der Waals surface area contributed by atoms with Gasteiger partial charge in [0.05, 0.1) is 6.04 Å². The number of nitrogens with zero attached hydrogens (tertiary/aromatic N) is 1. The Morgan fingerprint density at radius 1 is 1.48 bits per heavy atom. The zero-order chi connectivity index (χ0) is 14.8. The van der Waals surface area contributed by atoms with Crippen molar-refractivity contribution in [1.29, 1.82) is 0 Å². The van der Waals surface area contributed by atoms with E-state index in [2.05, 4.69) is 15.8 Å². The number of aryl methyl sites for hydroxylation is 1. The van der Waals surface area contributed by atoms with Crippen molar-refractivity contribution < 1.29 is 9.32 Å². The first-order chi connectivity index (χ1) is 10.1. The molecule has 1 aliphatic rings. The van der Waals surface area contributed by atoms with Crippen LogP contribution < -0.4 is 10.6 Å². The molecule has 21 heavy (non-hydrogen) atoms. The number of rotatable bonds is 2. The van der Waals surface area contributed by atoms with E-state index < -0.39 is 0 Å². The van der Waals surface area contributed by atoms with Crippen LogP contribution >= 0.6 is 23.4 Å². The summed E-state index contributed by atoms with van der Waals surface area (Å²) in [4.78, 5) is 13.2. The standard InChI is InChI=1S/C14H14ClN3O2S/c1-8-6-13(18-20-8)17-14(19)16-11-4-5-21-12-3-2-9(15)7-10(11)12/h2-3,6-7,11H,4-5H2,1H3,(H2,16,17,18,19). The maximum absolute atomic E-state index is 12.0. The molecule has 0 aliphatic carbocycles. The summed E-state index contributed by atoms with van der Waals surface area (Å²) in [6.07, 6.45) is 0.864. The fourth-order valence-electron chi connectivity index (χ4n) is 2.25. The highest BCUT2D eigenvalue weighted by molar-refractivity contribution is 7.99. The second-order valence-electron chi connectivity index (χ2n) is 4.79. The molecule has 2 heterocycles. The van der Waals surface area contributed by atoms with Crippen molar-refractivity contribution in [3.05, 3.63) is 40.6 Å². The molecule has 2 aromatic rings. The van der Waals surface area contributed by atoms with Crippen molar-refractivity contribution in [1.82, 2.24) is 10.5 Å². The van der Waals surface area contributed by atoms with E-state index >= 15 is 0 Å². The fourth-order valence-corrected chi connectivity index (χ4v) is 3.54. The lowest BCUT2D eigenvalue weighted by molar-refractivity contribution is 0.247. The van der Waals surface area contributed by atoms with E-state index in [-0.39, 0.29) is 12.1 Å². The lowest BCUT2D eigenvalue weighted by Gasteiger charge is -2.26. The molecular formula is C14H14ClN3O2S. The first-order valence-corrected chi connectivity index (χ1v) is 7.91. The minimum absolute atomic E-state index is 0.0482. The van der Waals surface area contributed by atoms with Gasteiger partial charge in [-0.1, -0.05) is 16.8 Å². The quantitative estimate of drug-likeness (QED) is 0.876. The number of nitrogens with one attached hydrogen (secondary N) is 2. The summed E-state index contributed by atoms with van der Waals surface area (Å²) >= 11 is 7.83. The number of amides is 2. The van der Waals surface area contributed by atoms with Gasteiger partial charge in [-0.25, -0.2) is 4.79 Å². The van der Waals surface area contributed by atoms with Crippen molar-refractivity contribution in [2.45, 2.75) is 24.3 Å². The Morgan fingerprint density at radius 2 is 2.33 bits per heavy atom. The first kappa shape index (κ1) is 14.3. The number of thioether (sulfide) groups is 1. The Kier molecular flexibility index (Phi) is 4.07. The molecule has 1 aromatic heterocycles. The Bertz CT molecular complexity index is 674. The van der Waals surface area contributed by atoms with E-state index in [0.29, 0.717) is 16.6 Å². The molecule has 0 saturated heterocycles. The van der Waals surface area contributed by atoms with Crippen LogP contribution in [0.2, 0.25) is 5.02 Å². The van der Waals surface area contributed by atoms with Gasteiger partial charge in [0.15, 0.2) is 5.82 Å². The number of benzene rings is 1. The molecule has 2 N–H and O–H groups in total. The smallest absolute Gasteiger partial charge is 0.320 e. The maximum Gasteiger partial charge on any atom is 0.320 e. The number of anilines is 1. The normalized spacial score (nSPS) is 17.1. The Morgan fingerprint density at radius 3 is 3.10 bits per heavy atom. The first-order valence-electron chi connectivity index (χ1n) is 6.55. The van der Waals surface area contributed by atoms with Gasteiger partial charge in [0, 0.05) is 21.7 Å². The number of halogens is 1. The summed E-state index contributed by atoms with van der Waals surface area (Å²) in [5.41, 5.74) is 1.06. The van der Waals surface area contributed by atoms with Gasteiger partial charge >= 0.3 is 6.03 Å². The van der Waals surface area contributed by atoms with E-state index in [9.17, 15) is 4.79 Å². The molecule has 0 fully saturated rings. The fraction of sp³-hybridized carbons (Fsp3) is 0.286. The van der Waals surface area contributed by atoms with Crippen LogP contribution in [0.3, 0.4) is 0 Å². The van der Waals surface area contributed by atoms with Gasteiger partial charge in [-0.15, -0.1) is 11.8 Å². The van der Waals surface area contributed by atoms with Crippen molar-refractivity contribution in [2.24, 2.45) is 0 Å². The molecule has 2 amide bonds. The zero-order valence-corrected chi connectivity index (χ0v) is 12.9. The van der Waals surface area contributed by atoms with Crippen molar-refractivity contribution >= 4 is 35.2 Å². The zero-order valence-electron chi connectivity index (χ0n) is 11.4. The van der Waals surface area contributed by atoms with Gasteiger partial charge < -0.3 is 9.84 Å². The summed E-state index contributed by atoms with van der Waals surface area (Å²) in [7, 11) is 0. The molecule has 5 nitrogen and oxygen atoms in total. The van der Waals surface area contributed by atoms with Crippen LogP contribution in [0, 0.1) is 6.92 Å². The molecule has 3 rings (SSSR count). The van der Waals surface area contributed by atoms with E-state index in [4.69, 9.17) is 16.1 Å². The third kappa shape index (κ3) is 3.33. The average molecular weight is 324 g/mol. The molecule has 1 aromatic carbocycles. The van der Waals surface area contributed by atoms with Crippen LogP contribution in [0.1, 0.15) is 23.8 Å². The van der Waals surface area contributed by atoms with Crippen molar-refractivity contribution in [3.63, 3.8) is 0 Å². The minimum atomic E-state index is -0.300. The third-order valence-corrected chi connectivity index (χ3v) is 4.54. The average Bonchev–Trinajstić information content (AvgIpc) is 2.84. The van der Waals surface area contributed by atoms with Crippen LogP contribution in [0.15, 0.2) is 33.7 Å². The van der Waals surface area contributed by atoms with Crippen LogP contribution in [0.25, 0.3) is 0 Å². The number of urea groups is 1. The molecule has 0 radical (unpaired) electrons. The highest BCUT2D eigenvalue weighted by Gasteiger charge is 2.22. The monoisotopic (exact) mass is 323 g/mol. The maximum atomic E-state index is 12.0. The Hall–Kier alpha value is -1.66. The molecule has 1 atom stereocenters. The number of hydrogen-bond donors (Lipinski definition) is 2. The van der Waals surface area contributed by atoms with Gasteiger partial charge in [-0.3, -0.25) is 5.32 Å². The third-order valence-electron chi connectivity index (χ3n) is 3.19. The molecule has 1 unspecified atom stereocenters. The van der Waals surface area contributed by atoms with Crippen molar-refractivity contribution in [3.8, 4) is 0 Å². The van der Waals surface area contributed by atoms with Gasteiger partial charge in [0.2, 0.25) is 0 Å². The molecule has 0 bridgehead atoms. The minimum Gasteiger partial charge on any atom is -0.360 e. The lowest BCUT2D eigenvalue weighted by Crippen LogP contribution is -2.34. The van der Waals surface area contributed by atoms with Crippen LogP contribution in [0.4, 0.5) is 10.6 Å². The van der Waals surface area contributed by atoms with E-state index in [1.165, 1.54) is 0 Å². The summed E-state index contributed by atoms with van der Waals surface area (Å²) < 4.78 is 4.91. The number of carbonyl (C=O) groups excluding carboxylic acids is 1. The van der Waals surface area contributed by atoms with Gasteiger partial charge in [-0.2, -0.15) is 0 Å². The molecule has 110 valence electrons. The summed E-state index contributed by atoms with van der Waals surface area (Å²) in [5.74, 6) is 2.01. The highest BCUT2D eigenvalue weighted by atomic mass is 35.5. The van der Waals surface area contributed by atoms with Crippen molar-refractivity contribution in [2.75, 3.05) is 11.1 Å².